The molecule has 1 nitrogen and oxygen atoms in total. The van der Waals surface area contributed by atoms with Crippen LogP contribution in [0.25, 0.3) is 0 Å². The van der Waals surface area contributed by atoms with Crippen molar-refractivity contribution in [3.8, 4) is 0 Å². The zero-order chi connectivity index (χ0) is 12.0. The Balaban J connectivity index is 1.76. The van der Waals surface area contributed by atoms with Gasteiger partial charge in [0.1, 0.15) is 0 Å². The van der Waals surface area contributed by atoms with Crippen molar-refractivity contribution < 1.29 is 0 Å². The fraction of sp³-hybridized carbons (Fsp3) is 0.625. The van der Waals surface area contributed by atoms with E-state index in [0.29, 0.717) is 11.5 Å². The van der Waals surface area contributed by atoms with Crippen LogP contribution < -0.4 is 5.32 Å². The first-order valence-corrected chi connectivity index (χ1v) is 6.90. The summed E-state index contributed by atoms with van der Waals surface area (Å²) in [6, 6.07) is 11.3. The molecule has 0 heterocycles. The number of fused-ring (bicyclic) bond motifs is 2. The number of hydrogen-bond acceptors (Lipinski definition) is 1. The molecule has 2 bridgehead atoms. The summed E-state index contributed by atoms with van der Waals surface area (Å²) in [4.78, 5) is 0. The van der Waals surface area contributed by atoms with Crippen LogP contribution >= 0.6 is 0 Å². The third-order valence-electron chi connectivity index (χ3n) is 5.34. The van der Waals surface area contributed by atoms with Gasteiger partial charge in [-0.2, -0.15) is 0 Å². The quantitative estimate of drug-likeness (QED) is 0.802. The van der Waals surface area contributed by atoms with E-state index in [2.05, 4.69) is 56.4 Å². The SMILES string of the molecule is C[C@@H]1C[C@@H](Nc2ccccc2)[C@H]2C[C@@H]1C2(C)C. The summed E-state index contributed by atoms with van der Waals surface area (Å²) >= 11 is 0. The average Bonchev–Trinajstić information content (AvgIpc) is 2.29. The highest BCUT2D eigenvalue weighted by atomic mass is 15.0. The van der Waals surface area contributed by atoms with E-state index in [1.54, 1.807) is 0 Å². The predicted molar refractivity (Wildman–Crippen MR) is 73.0 cm³/mol. The van der Waals surface area contributed by atoms with Crippen LogP contribution in [0.3, 0.4) is 0 Å². The molecular weight excluding hydrogens is 206 g/mol. The molecule has 4 rings (SSSR count). The first kappa shape index (κ1) is 11.1. The van der Waals surface area contributed by atoms with Gasteiger partial charge in [-0.05, 0) is 48.1 Å². The summed E-state index contributed by atoms with van der Waals surface area (Å²) in [5, 5.41) is 3.75. The number of benzene rings is 1. The van der Waals surface area contributed by atoms with Crippen LogP contribution in [-0.4, -0.2) is 6.04 Å². The number of rotatable bonds is 2. The lowest BCUT2D eigenvalue weighted by atomic mass is 9.44. The van der Waals surface area contributed by atoms with Crippen LogP contribution in [0.15, 0.2) is 30.3 Å². The van der Waals surface area contributed by atoms with Gasteiger partial charge in [-0.25, -0.2) is 0 Å². The lowest BCUT2D eigenvalue weighted by Crippen LogP contribution is -2.60. The average molecular weight is 229 g/mol. The minimum Gasteiger partial charge on any atom is -0.382 e. The highest BCUT2D eigenvalue weighted by Gasteiger charge is 2.57. The molecule has 3 aliphatic carbocycles. The van der Waals surface area contributed by atoms with E-state index in [0.717, 1.165) is 17.8 Å². The summed E-state index contributed by atoms with van der Waals surface area (Å²) < 4.78 is 0. The molecule has 3 aliphatic rings. The zero-order valence-electron chi connectivity index (χ0n) is 11.1. The Morgan fingerprint density at radius 2 is 1.76 bits per heavy atom. The van der Waals surface area contributed by atoms with E-state index in [1.807, 2.05) is 0 Å². The van der Waals surface area contributed by atoms with Crippen molar-refractivity contribution in [2.75, 3.05) is 5.32 Å². The predicted octanol–water partition coefficient (Wildman–Crippen LogP) is 4.17. The number of anilines is 1. The van der Waals surface area contributed by atoms with E-state index in [-0.39, 0.29) is 0 Å². The summed E-state index contributed by atoms with van der Waals surface area (Å²) in [7, 11) is 0. The molecule has 0 amide bonds. The summed E-state index contributed by atoms with van der Waals surface area (Å²) in [5.41, 5.74) is 1.83. The van der Waals surface area contributed by atoms with Gasteiger partial charge in [0.25, 0.3) is 0 Å². The van der Waals surface area contributed by atoms with Crippen molar-refractivity contribution in [2.45, 2.75) is 39.7 Å². The Labute approximate surface area is 105 Å². The molecule has 0 aliphatic heterocycles. The standard InChI is InChI=1S/C16H23N/c1-11-9-15(14-10-13(11)16(14,2)3)17-12-7-5-4-6-8-12/h4-8,11,13-15,17H,9-10H2,1-3H3/t11-,13+,14-,15-/m1/s1. The number of para-hydroxylation sites is 1. The maximum Gasteiger partial charge on any atom is 0.0342 e. The Hall–Kier alpha value is -0.980. The minimum atomic E-state index is 0.546. The third kappa shape index (κ3) is 1.67. The molecule has 0 radical (unpaired) electrons. The van der Waals surface area contributed by atoms with Gasteiger partial charge in [0.2, 0.25) is 0 Å². The summed E-state index contributed by atoms with van der Waals surface area (Å²) in [6.07, 6.45) is 2.77. The molecular formula is C16H23N. The van der Waals surface area contributed by atoms with E-state index >= 15 is 0 Å². The largest absolute Gasteiger partial charge is 0.382 e. The Bertz CT molecular complexity index is 395. The van der Waals surface area contributed by atoms with Crippen molar-refractivity contribution in [2.24, 2.45) is 23.2 Å². The van der Waals surface area contributed by atoms with Gasteiger partial charge in [0.05, 0.1) is 0 Å². The molecule has 1 aromatic rings. The molecule has 3 fully saturated rings. The highest BCUT2D eigenvalue weighted by Crippen LogP contribution is 2.61. The normalized spacial score (nSPS) is 38.3. The maximum atomic E-state index is 3.75. The molecule has 3 saturated carbocycles. The molecule has 1 N–H and O–H groups in total. The van der Waals surface area contributed by atoms with Crippen LogP contribution in [0.2, 0.25) is 0 Å². The van der Waals surface area contributed by atoms with Gasteiger partial charge >= 0.3 is 0 Å². The zero-order valence-corrected chi connectivity index (χ0v) is 11.1. The van der Waals surface area contributed by atoms with Gasteiger partial charge < -0.3 is 5.32 Å². The van der Waals surface area contributed by atoms with Gasteiger partial charge in [0.15, 0.2) is 0 Å². The molecule has 0 spiro atoms. The van der Waals surface area contributed by atoms with Crippen molar-refractivity contribution in [3.05, 3.63) is 30.3 Å². The maximum absolute atomic E-state index is 3.75. The molecule has 92 valence electrons. The van der Waals surface area contributed by atoms with Crippen LogP contribution in [-0.2, 0) is 0 Å². The molecule has 1 heteroatoms. The fourth-order valence-electron chi connectivity index (χ4n) is 4.28. The highest BCUT2D eigenvalue weighted by molar-refractivity contribution is 5.44. The molecule has 1 aromatic carbocycles. The molecule has 0 aromatic heterocycles. The first-order chi connectivity index (χ1) is 8.09. The lowest BCUT2D eigenvalue weighted by molar-refractivity contribution is -0.106. The molecule has 17 heavy (non-hydrogen) atoms. The van der Waals surface area contributed by atoms with Crippen molar-refractivity contribution in [1.82, 2.24) is 0 Å². The van der Waals surface area contributed by atoms with Crippen molar-refractivity contribution >= 4 is 5.69 Å². The van der Waals surface area contributed by atoms with E-state index in [4.69, 9.17) is 0 Å². The van der Waals surface area contributed by atoms with Crippen LogP contribution in [0.4, 0.5) is 5.69 Å². The van der Waals surface area contributed by atoms with Gasteiger partial charge in [-0.15, -0.1) is 0 Å². The Morgan fingerprint density at radius 3 is 2.35 bits per heavy atom. The van der Waals surface area contributed by atoms with Crippen molar-refractivity contribution in [3.63, 3.8) is 0 Å². The van der Waals surface area contributed by atoms with E-state index in [1.165, 1.54) is 18.5 Å². The summed E-state index contributed by atoms with van der Waals surface area (Å²) in [5.74, 6) is 2.70. The van der Waals surface area contributed by atoms with Crippen molar-refractivity contribution in [1.29, 1.82) is 0 Å². The third-order valence-corrected chi connectivity index (χ3v) is 5.34. The van der Waals surface area contributed by atoms with Crippen LogP contribution in [0.5, 0.6) is 0 Å². The monoisotopic (exact) mass is 229 g/mol. The second-order valence-corrected chi connectivity index (χ2v) is 6.60. The summed E-state index contributed by atoms with van der Waals surface area (Å²) in [6.45, 7) is 7.35. The molecule has 4 atom stereocenters. The fourth-order valence-corrected chi connectivity index (χ4v) is 4.28. The number of hydrogen-bond donors (Lipinski definition) is 1. The Morgan fingerprint density at radius 1 is 1.06 bits per heavy atom. The van der Waals surface area contributed by atoms with Crippen LogP contribution in [0.1, 0.15) is 33.6 Å². The number of nitrogens with one attached hydrogen (secondary N) is 1. The smallest absolute Gasteiger partial charge is 0.0342 e. The van der Waals surface area contributed by atoms with E-state index < -0.39 is 0 Å². The molecule has 0 saturated heterocycles. The Kier molecular flexibility index (Phi) is 2.46. The lowest BCUT2D eigenvalue weighted by Gasteiger charge is -2.62. The van der Waals surface area contributed by atoms with Crippen LogP contribution in [0, 0.1) is 23.2 Å². The first-order valence-electron chi connectivity index (χ1n) is 6.90. The minimum absolute atomic E-state index is 0.546. The van der Waals surface area contributed by atoms with Gasteiger partial charge in [-0.3, -0.25) is 0 Å². The topological polar surface area (TPSA) is 12.0 Å². The molecule has 0 unspecified atom stereocenters. The van der Waals surface area contributed by atoms with E-state index in [9.17, 15) is 0 Å². The van der Waals surface area contributed by atoms with Gasteiger partial charge in [-0.1, -0.05) is 39.0 Å². The second-order valence-electron chi connectivity index (χ2n) is 6.60. The second kappa shape index (κ2) is 3.76. The van der Waals surface area contributed by atoms with Gasteiger partial charge in [0, 0.05) is 11.7 Å².